The maximum atomic E-state index is 13.8. The van der Waals surface area contributed by atoms with Crippen molar-refractivity contribution in [2.75, 3.05) is 12.1 Å². The topological polar surface area (TPSA) is 73.3 Å². The van der Waals surface area contributed by atoms with Gasteiger partial charge in [0.1, 0.15) is 0 Å². The normalized spacial score (nSPS) is 24.5. The number of benzene rings is 2. The summed E-state index contributed by atoms with van der Waals surface area (Å²) in [7, 11) is 0. The van der Waals surface area contributed by atoms with Gasteiger partial charge in [-0.05, 0) is 42.5 Å². The van der Waals surface area contributed by atoms with Crippen LogP contribution in [0.15, 0.2) is 30.3 Å². The zero-order valence-electron chi connectivity index (χ0n) is 17.0. The van der Waals surface area contributed by atoms with Crippen LogP contribution in [0.3, 0.4) is 0 Å². The number of fused-ring (bicyclic) bond motifs is 7. The summed E-state index contributed by atoms with van der Waals surface area (Å²) in [6.07, 6.45) is 1.60. The van der Waals surface area contributed by atoms with Crippen LogP contribution in [-0.4, -0.2) is 22.7 Å². The molecule has 6 rings (SSSR count). The number of ether oxygens (including phenoxy) is 2. The molecule has 2 aliphatic carbocycles. The number of rotatable bonds is 2. The number of halogens is 2. The summed E-state index contributed by atoms with van der Waals surface area (Å²) in [5.74, 6) is 1.38. The van der Waals surface area contributed by atoms with Crippen molar-refractivity contribution in [1.82, 2.24) is 9.97 Å². The summed E-state index contributed by atoms with van der Waals surface area (Å²) in [6.45, 7) is 4.46. The number of anilines is 1. The van der Waals surface area contributed by atoms with Gasteiger partial charge in [0.25, 0.3) is 0 Å². The number of aromatic nitrogens is 2. The Balaban J connectivity index is 1.47. The molecule has 0 radical (unpaired) electrons. The molecule has 158 valence electrons. The molecule has 1 fully saturated rings. The van der Waals surface area contributed by atoms with Crippen LogP contribution >= 0.6 is 23.2 Å². The van der Waals surface area contributed by atoms with E-state index in [0.29, 0.717) is 38.3 Å². The second kappa shape index (κ2) is 6.24. The maximum Gasteiger partial charge on any atom is 0.237 e. The van der Waals surface area contributed by atoms with Gasteiger partial charge in [-0.1, -0.05) is 37.0 Å². The minimum Gasteiger partial charge on any atom is -0.454 e. The van der Waals surface area contributed by atoms with Gasteiger partial charge in [0, 0.05) is 17.7 Å². The van der Waals surface area contributed by atoms with E-state index in [2.05, 4.69) is 19.2 Å². The molecule has 2 unspecified atom stereocenters. The molecule has 6 nitrogen and oxygen atoms in total. The van der Waals surface area contributed by atoms with Crippen molar-refractivity contribution in [3.05, 3.63) is 51.8 Å². The Kier molecular flexibility index (Phi) is 3.85. The molecule has 2 aromatic carbocycles. The molecule has 1 saturated carbocycles. The minimum atomic E-state index is -0.781. The highest BCUT2D eigenvalue weighted by Crippen LogP contribution is 2.67. The van der Waals surface area contributed by atoms with Crippen molar-refractivity contribution >= 4 is 45.8 Å². The highest BCUT2D eigenvalue weighted by atomic mass is 35.5. The zero-order chi connectivity index (χ0) is 21.5. The molecule has 3 aliphatic rings. The van der Waals surface area contributed by atoms with Crippen molar-refractivity contribution in [1.29, 1.82) is 0 Å². The van der Waals surface area contributed by atoms with Gasteiger partial charge in [-0.2, -0.15) is 0 Å². The van der Waals surface area contributed by atoms with Crippen LogP contribution in [-0.2, 0) is 10.2 Å². The molecule has 2 atom stereocenters. The van der Waals surface area contributed by atoms with Gasteiger partial charge in [0.2, 0.25) is 12.7 Å². The molecule has 2 heterocycles. The Morgan fingerprint density at radius 3 is 2.55 bits per heavy atom. The Labute approximate surface area is 188 Å². The lowest BCUT2D eigenvalue weighted by atomic mass is 9.67. The molecule has 0 saturated heterocycles. The average Bonchev–Trinajstić information content (AvgIpc) is 3.35. The van der Waals surface area contributed by atoms with Crippen molar-refractivity contribution < 1.29 is 14.3 Å². The fraction of sp³-hybridized carbons (Fsp3) is 0.348. The number of carbonyl (C=O) groups excluding carboxylic acids is 1. The first-order valence-electron chi connectivity index (χ1n) is 10.2. The lowest BCUT2D eigenvalue weighted by Crippen LogP contribution is -2.46. The van der Waals surface area contributed by atoms with E-state index < -0.39 is 5.41 Å². The third-order valence-corrected chi connectivity index (χ3v) is 7.99. The lowest BCUT2D eigenvalue weighted by Gasteiger charge is -2.36. The van der Waals surface area contributed by atoms with E-state index in [4.69, 9.17) is 42.6 Å². The van der Waals surface area contributed by atoms with Crippen LogP contribution in [0.4, 0.5) is 5.69 Å². The molecule has 1 aliphatic heterocycles. The second-order valence-electron chi connectivity index (χ2n) is 8.95. The number of nitrogens with one attached hydrogen (secondary N) is 1. The van der Waals surface area contributed by atoms with E-state index in [0.717, 1.165) is 24.2 Å². The Bertz CT molecular complexity index is 1290. The summed E-state index contributed by atoms with van der Waals surface area (Å²) in [6, 6.07) is 8.88. The molecular formula is C23H19Cl2N3O3. The number of nitrogens with zero attached hydrogens (tertiary/aromatic N) is 2. The zero-order valence-corrected chi connectivity index (χ0v) is 18.5. The minimum absolute atomic E-state index is 0.0775. The Morgan fingerprint density at radius 2 is 1.77 bits per heavy atom. The molecule has 8 heteroatoms. The third kappa shape index (κ3) is 2.43. The molecule has 1 aromatic heterocycles. The first-order valence-corrected chi connectivity index (χ1v) is 10.9. The quantitative estimate of drug-likeness (QED) is 0.555. The van der Waals surface area contributed by atoms with Gasteiger partial charge < -0.3 is 14.8 Å². The van der Waals surface area contributed by atoms with Crippen LogP contribution in [0.2, 0.25) is 10.0 Å². The fourth-order valence-corrected chi connectivity index (χ4v) is 5.91. The predicted molar refractivity (Wildman–Crippen MR) is 118 cm³/mol. The number of hydrogen-bond acceptors (Lipinski definition) is 5. The van der Waals surface area contributed by atoms with Gasteiger partial charge in [0.05, 0.1) is 37.9 Å². The van der Waals surface area contributed by atoms with Crippen LogP contribution in [0.1, 0.15) is 44.0 Å². The van der Waals surface area contributed by atoms with Gasteiger partial charge in [0.15, 0.2) is 11.5 Å². The first-order chi connectivity index (χ1) is 14.8. The number of carbonyl (C=O) groups is 1. The van der Waals surface area contributed by atoms with E-state index in [1.807, 2.05) is 6.07 Å². The summed E-state index contributed by atoms with van der Waals surface area (Å²) >= 11 is 12.4. The molecule has 3 aromatic rings. The van der Waals surface area contributed by atoms with Gasteiger partial charge in [-0.15, -0.1) is 0 Å². The highest BCUT2D eigenvalue weighted by Gasteiger charge is 2.67. The van der Waals surface area contributed by atoms with E-state index in [9.17, 15) is 4.79 Å². The summed E-state index contributed by atoms with van der Waals surface area (Å²) in [4.78, 5) is 23.6. The summed E-state index contributed by atoms with van der Waals surface area (Å²) < 4.78 is 10.8. The average molecular weight is 456 g/mol. The number of amides is 1. The van der Waals surface area contributed by atoms with E-state index in [1.165, 1.54) is 0 Å². The monoisotopic (exact) mass is 455 g/mol. The fourth-order valence-electron chi connectivity index (χ4n) is 5.59. The smallest absolute Gasteiger partial charge is 0.237 e. The van der Waals surface area contributed by atoms with Gasteiger partial charge >= 0.3 is 0 Å². The highest BCUT2D eigenvalue weighted by molar-refractivity contribution is 6.42. The van der Waals surface area contributed by atoms with Crippen molar-refractivity contribution in [2.24, 2.45) is 5.41 Å². The van der Waals surface area contributed by atoms with Crippen LogP contribution < -0.4 is 14.8 Å². The molecule has 0 spiro atoms. The van der Waals surface area contributed by atoms with Crippen LogP contribution in [0.25, 0.3) is 11.0 Å². The lowest BCUT2D eigenvalue weighted by molar-refractivity contribution is -0.124. The van der Waals surface area contributed by atoms with E-state index >= 15 is 0 Å². The van der Waals surface area contributed by atoms with Gasteiger partial charge in [-0.3, -0.25) is 4.79 Å². The molecule has 2 bridgehead atoms. The molecule has 31 heavy (non-hydrogen) atoms. The first kappa shape index (κ1) is 19.1. The molecule has 1 N–H and O–H groups in total. The Hall–Kier alpha value is -2.57. The van der Waals surface area contributed by atoms with E-state index in [-0.39, 0.29) is 24.0 Å². The predicted octanol–water partition coefficient (Wildman–Crippen LogP) is 5.46. The summed E-state index contributed by atoms with van der Waals surface area (Å²) in [5.41, 5.74) is 2.53. The molecular weight excluding hydrogens is 437 g/mol. The second-order valence-corrected chi connectivity index (χ2v) is 9.77. The standard InChI is InChI=1S/C23H19Cl2N3O3/c1-22(2)12-5-6-23(22,21(29)26-11-3-4-17-18(7-11)31-10-30-17)20-19(12)27-15-8-13(24)14(25)9-16(15)28-20/h3-4,7-9,12H,5-6,10H2,1-2H3,(H,26,29). The molecule has 1 amide bonds. The van der Waals surface area contributed by atoms with Crippen LogP contribution in [0.5, 0.6) is 11.5 Å². The SMILES string of the molecule is CC1(C)C2CCC1(C(=O)Nc1ccc3c(c1)OCO3)c1nc3cc(Cl)c(Cl)cc3nc12. The Morgan fingerprint density at radius 1 is 1.06 bits per heavy atom. The van der Waals surface area contributed by atoms with E-state index in [1.54, 1.807) is 24.3 Å². The van der Waals surface area contributed by atoms with Crippen molar-refractivity contribution in [3.63, 3.8) is 0 Å². The van der Waals surface area contributed by atoms with Gasteiger partial charge in [-0.25, -0.2) is 9.97 Å². The van der Waals surface area contributed by atoms with Crippen molar-refractivity contribution in [2.45, 2.75) is 38.0 Å². The number of hydrogen-bond donors (Lipinski definition) is 1. The largest absolute Gasteiger partial charge is 0.454 e. The van der Waals surface area contributed by atoms with Crippen molar-refractivity contribution in [3.8, 4) is 11.5 Å². The maximum absolute atomic E-state index is 13.8. The van der Waals surface area contributed by atoms with Crippen LogP contribution in [0, 0.1) is 5.41 Å². The summed E-state index contributed by atoms with van der Waals surface area (Å²) in [5, 5.41) is 3.97. The third-order valence-electron chi connectivity index (χ3n) is 7.26.